The Hall–Kier alpha value is -2.15. The highest BCUT2D eigenvalue weighted by Crippen LogP contribution is 2.33. The molecule has 1 heterocycles. The number of esters is 1. The highest BCUT2D eigenvalue weighted by atomic mass is 35.5. The summed E-state index contributed by atoms with van der Waals surface area (Å²) in [7, 11) is -3.78. The summed E-state index contributed by atoms with van der Waals surface area (Å²) >= 11 is 6.07. The SMILES string of the molecule is NS(=O)(=O)c1ccc(C(=C2CCOC2=O)c2cccc(Cl)c2)cc1. The molecule has 124 valence electrons. The molecule has 0 saturated carbocycles. The molecule has 1 fully saturated rings. The minimum absolute atomic E-state index is 0.00990. The van der Waals surface area contributed by atoms with Crippen molar-refractivity contribution in [1.82, 2.24) is 0 Å². The number of benzene rings is 2. The van der Waals surface area contributed by atoms with Crippen LogP contribution < -0.4 is 5.14 Å². The smallest absolute Gasteiger partial charge is 0.334 e. The molecule has 1 aliphatic rings. The van der Waals surface area contributed by atoms with Crippen molar-refractivity contribution in [3.05, 3.63) is 70.3 Å². The van der Waals surface area contributed by atoms with Crippen LogP contribution in [0.5, 0.6) is 0 Å². The Labute approximate surface area is 144 Å². The van der Waals surface area contributed by atoms with Gasteiger partial charge in [0.1, 0.15) is 0 Å². The summed E-state index contributed by atoms with van der Waals surface area (Å²) in [6, 6.07) is 13.2. The van der Waals surface area contributed by atoms with Gasteiger partial charge in [-0.05, 0) is 41.0 Å². The maximum Gasteiger partial charge on any atom is 0.334 e. The van der Waals surface area contributed by atoms with Crippen LogP contribution in [-0.2, 0) is 19.6 Å². The van der Waals surface area contributed by atoms with Crippen molar-refractivity contribution in [3.8, 4) is 0 Å². The van der Waals surface area contributed by atoms with Crippen LogP contribution in [0, 0.1) is 0 Å². The van der Waals surface area contributed by atoms with Gasteiger partial charge in [0.25, 0.3) is 0 Å². The number of nitrogens with two attached hydrogens (primary N) is 1. The van der Waals surface area contributed by atoms with E-state index in [0.29, 0.717) is 34.8 Å². The molecule has 1 aliphatic heterocycles. The first-order chi connectivity index (χ1) is 11.4. The maximum atomic E-state index is 12.0. The number of hydrogen-bond donors (Lipinski definition) is 1. The lowest BCUT2D eigenvalue weighted by atomic mass is 9.92. The van der Waals surface area contributed by atoms with Crippen molar-refractivity contribution in [2.24, 2.45) is 5.14 Å². The number of hydrogen-bond acceptors (Lipinski definition) is 4. The van der Waals surface area contributed by atoms with Crippen LogP contribution in [0.2, 0.25) is 5.02 Å². The molecule has 3 rings (SSSR count). The Kier molecular flexibility index (Phi) is 4.45. The van der Waals surface area contributed by atoms with Crippen molar-refractivity contribution in [3.63, 3.8) is 0 Å². The van der Waals surface area contributed by atoms with Crippen molar-refractivity contribution in [2.75, 3.05) is 6.61 Å². The molecule has 2 aromatic carbocycles. The second-order valence-corrected chi connectivity index (χ2v) is 7.32. The average molecular weight is 364 g/mol. The van der Waals surface area contributed by atoms with Crippen LogP contribution in [0.4, 0.5) is 0 Å². The van der Waals surface area contributed by atoms with E-state index in [1.807, 2.05) is 6.07 Å². The first kappa shape index (κ1) is 16.7. The Bertz CT molecular complexity index is 933. The Morgan fingerprint density at radius 1 is 1.08 bits per heavy atom. The summed E-state index contributed by atoms with van der Waals surface area (Å²) in [4.78, 5) is 12.1. The van der Waals surface area contributed by atoms with E-state index in [0.717, 1.165) is 5.56 Å². The Morgan fingerprint density at radius 2 is 1.79 bits per heavy atom. The van der Waals surface area contributed by atoms with E-state index in [4.69, 9.17) is 21.5 Å². The summed E-state index contributed by atoms with van der Waals surface area (Å²) in [5.74, 6) is -0.375. The van der Waals surface area contributed by atoms with Crippen molar-refractivity contribution < 1.29 is 17.9 Å². The van der Waals surface area contributed by atoms with Gasteiger partial charge in [0.2, 0.25) is 10.0 Å². The quantitative estimate of drug-likeness (QED) is 0.671. The van der Waals surface area contributed by atoms with Gasteiger partial charge < -0.3 is 4.74 Å². The topological polar surface area (TPSA) is 86.5 Å². The summed E-state index contributed by atoms with van der Waals surface area (Å²) in [5.41, 5.74) is 2.68. The summed E-state index contributed by atoms with van der Waals surface area (Å²) in [5, 5.41) is 5.67. The van der Waals surface area contributed by atoms with E-state index in [-0.39, 0.29) is 10.9 Å². The predicted molar refractivity (Wildman–Crippen MR) is 90.9 cm³/mol. The first-order valence-electron chi connectivity index (χ1n) is 7.16. The molecule has 5 nitrogen and oxygen atoms in total. The summed E-state index contributed by atoms with van der Waals surface area (Å²) in [6.45, 7) is 0.327. The van der Waals surface area contributed by atoms with Crippen LogP contribution >= 0.6 is 11.6 Å². The number of halogens is 1. The molecular formula is C17H14ClNO4S. The summed E-state index contributed by atoms with van der Waals surface area (Å²) in [6.07, 6.45) is 0.484. The van der Waals surface area contributed by atoms with E-state index < -0.39 is 10.0 Å². The first-order valence-corrected chi connectivity index (χ1v) is 9.08. The largest absolute Gasteiger partial charge is 0.462 e. The number of rotatable bonds is 3. The minimum atomic E-state index is -3.78. The van der Waals surface area contributed by atoms with Gasteiger partial charge in [0.15, 0.2) is 0 Å². The molecule has 0 aromatic heterocycles. The minimum Gasteiger partial charge on any atom is -0.462 e. The van der Waals surface area contributed by atoms with Crippen LogP contribution in [0.25, 0.3) is 5.57 Å². The number of carbonyl (C=O) groups is 1. The lowest BCUT2D eigenvalue weighted by Gasteiger charge is -2.12. The monoisotopic (exact) mass is 363 g/mol. The molecule has 24 heavy (non-hydrogen) atoms. The van der Waals surface area contributed by atoms with Crippen LogP contribution in [0.1, 0.15) is 17.5 Å². The molecule has 0 spiro atoms. The second kappa shape index (κ2) is 6.39. The molecule has 2 aromatic rings. The molecule has 0 bridgehead atoms. The second-order valence-electron chi connectivity index (χ2n) is 5.32. The van der Waals surface area contributed by atoms with Gasteiger partial charge in [-0.2, -0.15) is 0 Å². The highest BCUT2D eigenvalue weighted by Gasteiger charge is 2.25. The maximum absolute atomic E-state index is 12.0. The third-order valence-electron chi connectivity index (χ3n) is 3.72. The molecule has 0 aliphatic carbocycles. The van der Waals surface area contributed by atoms with Gasteiger partial charge in [0, 0.05) is 17.0 Å². The van der Waals surface area contributed by atoms with E-state index in [9.17, 15) is 13.2 Å². The molecule has 0 amide bonds. The lowest BCUT2D eigenvalue weighted by molar-refractivity contribution is -0.135. The van der Waals surface area contributed by atoms with Gasteiger partial charge in [0.05, 0.1) is 11.5 Å². The molecule has 2 N–H and O–H groups in total. The zero-order valence-corrected chi connectivity index (χ0v) is 14.1. The predicted octanol–water partition coefficient (Wildman–Crippen LogP) is 2.74. The van der Waals surface area contributed by atoms with Crippen LogP contribution in [0.3, 0.4) is 0 Å². The number of primary sulfonamides is 1. The average Bonchev–Trinajstić information content (AvgIpc) is 2.93. The van der Waals surface area contributed by atoms with Crippen LogP contribution in [0.15, 0.2) is 59.0 Å². The molecule has 7 heteroatoms. The number of ether oxygens (including phenoxy) is 1. The fourth-order valence-corrected chi connectivity index (χ4v) is 3.34. The third-order valence-corrected chi connectivity index (χ3v) is 4.88. The van der Waals surface area contributed by atoms with Gasteiger partial charge in [-0.25, -0.2) is 18.4 Å². The van der Waals surface area contributed by atoms with Gasteiger partial charge >= 0.3 is 5.97 Å². The fourth-order valence-electron chi connectivity index (χ4n) is 2.63. The normalized spacial score (nSPS) is 16.8. The zero-order chi connectivity index (χ0) is 17.3. The van der Waals surface area contributed by atoms with E-state index in [1.54, 1.807) is 30.3 Å². The van der Waals surface area contributed by atoms with E-state index >= 15 is 0 Å². The van der Waals surface area contributed by atoms with Gasteiger partial charge in [-0.15, -0.1) is 0 Å². The summed E-state index contributed by atoms with van der Waals surface area (Å²) < 4.78 is 27.9. The molecule has 0 radical (unpaired) electrons. The molecule has 1 saturated heterocycles. The van der Waals surface area contributed by atoms with Crippen molar-refractivity contribution >= 4 is 33.2 Å². The third kappa shape index (κ3) is 3.36. The lowest BCUT2D eigenvalue weighted by Crippen LogP contribution is -2.12. The van der Waals surface area contributed by atoms with Crippen molar-refractivity contribution in [1.29, 1.82) is 0 Å². The molecule has 0 atom stereocenters. The standard InChI is InChI=1S/C17H14ClNO4S/c18-13-3-1-2-12(10-13)16(15-8-9-23-17(15)20)11-4-6-14(7-5-11)24(19,21)22/h1-7,10H,8-9H2,(H2,19,21,22). The highest BCUT2D eigenvalue weighted by molar-refractivity contribution is 7.89. The number of carbonyl (C=O) groups excluding carboxylic acids is 1. The Morgan fingerprint density at radius 3 is 2.33 bits per heavy atom. The van der Waals surface area contributed by atoms with E-state index in [1.165, 1.54) is 12.1 Å². The van der Waals surface area contributed by atoms with Gasteiger partial charge in [-0.3, -0.25) is 0 Å². The van der Waals surface area contributed by atoms with Crippen molar-refractivity contribution in [2.45, 2.75) is 11.3 Å². The Balaban J connectivity index is 2.18. The fraction of sp³-hybridized carbons (Fsp3) is 0.118. The van der Waals surface area contributed by atoms with E-state index in [2.05, 4.69) is 0 Å². The molecule has 0 unspecified atom stereocenters. The van der Waals surface area contributed by atoms with Crippen LogP contribution in [-0.4, -0.2) is 21.0 Å². The van der Waals surface area contributed by atoms with Gasteiger partial charge in [-0.1, -0.05) is 35.9 Å². The zero-order valence-electron chi connectivity index (χ0n) is 12.5. The molecular weight excluding hydrogens is 350 g/mol. The number of cyclic esters (lactones) is 1. The number of sulfonamides is 1.